The smallest absolute Gasteiger partial charge is 0.220 e. The largest absolute Gasteiger partial charge is 0.355 e. The van der Waals surface area contributed by atoms with Crippen LogP contribution in [0.25, 0.3) is 0 Å². The van der Waals surface area contributed by atoms with Gasteiger partial charge in [-0.2, -0.15) is 9.81 Å². The summed E-state index contributed by atoms with van der Waals surface area (Å²) in [6, 6.07) is -1.31. The summed E-state index contributed by atoms with van der Waals surface area (Å²) in [5, 5.41) is 15.0. The Bertz CT molecular complexity index is 1020. The van der Waals surface area contributed by atoms with E-state index in [0.29, 0.717) is 32.7 Å². The van der Waals surface area contributed by atoms with Crippen molar-refractivity contribution in [2.75, 3.05) is 39.3 Å². The van der Waals surface area contributed by atoms with Gasteiger partial charge in [-0.3, -0.25) is 14.5 Å². The van der Waals surface area contributed by atoms with Crippen LogP contribution in [0.15, 0.2) is 21.3 Å². The fraction of sp³-hybridized carbons (Fsp3) is 0.680. The molecule has 40 heavy (non-hydrogen) atoms. The van der Waals surface area contributed by atoms with Crippen molar-refractivity contribution >= 4 is 22.8 Å². The van der Waals surface area contributed by atoms with Gasteiger partial charge in [-0.25, -0.2) is 17.6 Å². The number of hydrogen-bond acceptors (Lipinski definition) is 10. The molecule has 1 heterocycles. The normalized spacial score (nSPS) is 22.0. The van der Waals surface area contributed by atoms with E-state index in [4.69, 9.17) is 0 Å². The SMILES string of the molecule is CC1(C)NCCN(CCNC(=O)CCC(=O)Sc2c(F)c(F)cc(F)c2F)CCNC(C)(C)C(N=O)CC1N=O. The third-order valence-corrected chi connectivity index (χ3v) is 7.97. The van der Waals surface area contributed by atoms with E-state index >= 15 is 0 Å². The van der Waals surface area contributed by atoms with Gasteiger partial charge in [-0.05, 0) is 39.5 Å². The Morgan fingerprint density at radius 1 is 0.950 bits per heavy atom. The highest BCUT2D eigenvalue weighted by Crippen LogP contribution is 2.30. The lowest BCUT2D eigenvalue weighted by atomic mass is 9.83. The summed E-state index contributed by atoms with van der Waals surface area (Å²) in [4.78, 5) is 48.5. The van der Waals surface area contributed by atoms with Gasteiger partial charge in [0.25, 0.3) is 0 Å². The Morgan fingerprint density at radius 2 is 1.45 bits per heavy atom. The quantitative estimate of drug-likeness (QED) is 0.172. The average Bonchev–Trinajstić information content (AvgIpc) is 2.88. The van der Waals surface area contributed by atoms with Crippen LogP contribution in [0.2, 0.25) is 0 Å². The van der Waals surface area contributed by atoms with E-state index in [1.54, 1.807) is 0 Å². The third-order valence-electron chi connectivity index (χ3n) is 6.98. The van der Waals surface area contributed by atoms with Crippen LogP contribution in [0.5, 0.6) is 0 Å². The molecule has 0 aromatic heterocycles. The number of rotatable bonds is 9. The van der Waals surface area contributed by atoms with E-state index in [1.807, 2.05) is 27.7 Å². The summed E-state index contributed by atoms with van der Waals surface area (Å²) < 4.78 is 54.2. The second-order valence-electron chi connectivity index (χ2n) is 10.7. The third kappa shape index (κ3) is 9.56. The number of carbonyl (C=O) groups excluding carboxylic acids is 2. The number of benzene rings is 1. The minimum absolute atomic E-state index is 0.00435. The number of amides is 1. The van der Waals surface area contributed by atoms with E-state index in [1.165, 1.54) is 0 Å². The van der Waals surface area contributed by atoms with Gasteiger partial charge in [0.1, 0.15) is 12.1 Å². The van der Waals surface area contributed by atoms with Crippen LogP contribution in [-0.2, 0) is 9.59 Å². The number of carbonyl (C=O) groups is 2. The Labute approximate surface area is 234 Å². The van der Waals surface area contributed by atoms with Crippen molar-refractivity contribution in [2.45, 2.75) is 75.0 Å². The molecule has 15 heteroatoms. The first-order chi connectivity index (χ1) is 18.7. The number of halogens is 4. The molecule has 0 spiro atoms. The molecule has 1 aliphatic rings. The van der Waals surface area contributed by atoms with Crippen molar-refractivity contribution in [1.29, 1.82) is 0 Å². The standard InChI is InChI=1S/C25H36F4N6O4S/c1-24(2)17(33-38)14-18(34-39)25(3,4)32-9-12-35(11-8-31-24)10-7-30-19(36)5-6-20(37)40-23-21(28)15(26)13-16(27)22(23)29/h13,17-18,31-32H,5-12,14H2,1-4H3,(H,30,36). The first-order valence-electron chi connectivity index (χ1n) is 12.9. The molecule has 1 aromatic carbocycles. The van der Waals surface area contributed by atoms with Gasteiger partial charge in [0.15, 0.2) is 28.4 Å². The van der Waals surface area contributed by atoms with E-state index in [0.717, 1.165) is 0 Å². The molecule has 2 rings (SSSR count). The van der Waals surface area contributed by atoms with Crippen LogP contribution < -0.4 is 16.0 Å². The molecule has 0 bridgehead atoms. The van der Waals surface area contributed by atoms with Crippen molar-refractivity contribution in [2.24, 2.45) is 10.4 Å². The summed E-state index contributed by atoms with van der Waals surface area (Å²) in [5.74, 6) is -7.05. The van der Waals surface area contributed by atoms with Crippen LogP contribution in [0, 0.1) is 33.1 Å². The maximum Gasteiger partial charge on any atom is 0.220 e. The van der Waals surface area contributed by atoms with Crippen molar-refractivity contribution in [3.8, 4) is 0 Å². The van der Waals surface area contributed by atoms with Crippen molar-refractivity contribution in [3.05, 3.63) is 39.1 Å². The molecule has 10 nitrogen and oxygen atoms in total. The predicted octanol–water partition coefficient (Wildman–Crippen LogP) is 3.47. The summed E-state index contributed by atoms with van der Waals surface area (Å²) in [6.07, 6.45) is -0.474. The molecule has 2 unspecified atom stereocenters. The molecule has 224 valence electrons. The lowest BCUT2D eigenvalue weighted by molar-refractivity contribution is -0.123. The highest BCUT2D eigenvalue weighted by Gasteiger charge is 2.39. The zero-order valence-corrected chi connectivity index (χ0v) is 23.8. The molecule has 0 saturated carbocycles. The first kappa shape index (κ1) is 33.7. The molecule has 0 radical (unpaired) electrons. The Morgan fingerprint density at radius 3 is 1.93 bits per heavy atom. The first-order valence-corrected chi connectivity index (χ1v) is 13.7. The fourth-order valence-corrected chi connectivity index (χ4v) is 5.06. The molecule has 1 saturated heterocycles. The van der Waals surface area contributed by atoms with Gasteiger partial charge >= 0.3 is 0 Å². The zero-order chi connectivity index (χ0) is 30.1. The lowest BCUT2D eigenvalue weighted by Gasteiger charge is -2.38. The van der Waals surface area contributed by atoms with E-state index in [9.17, 15) is 37.0 Å². The van der Waals surface area contributed by atoms with E-state index < -0.39 is 68.8 Å². The van der Waals surface area contributed by atoms with E-state index in [-0.39, 0.29) is 37.2 Å². The van der Waals surface area contributed by atoms with Gasteiger partial charge in [0.2, 0.25) is 5.91 Å². The number of nitrogens with zero attached hydrogens (tertiary/aromatic N) is 3. The molecular weight excluding hydrogens is 556 g/mol. The summed E-state index contributed by atoms with van der Waals surface area (Å²) >= 11 is 0.00435. The van der Waals surface area contributed by atoms with Crippen LogP contribution in [0.4, 0.5) is 17.6 Å². The molecule has 1 amide bonds. The lowest BCUT2D eigenvalue weighted by Crippen LogP contribution is -2.57. The average molecular weight is 593 g/mol. The second-order valence-corrected chi connectivity index (χ2v) is 11.8. The summed E-state index contributed by atoms with van der Waals surface area (Å²) in [5.41, 5.74) is -1.37. The highest BCUT2D eigenvalue weighted by atomic mass is 32.2. The molecule has 0 aliphatic carbocycles. The molecule has 3 N–H and O–H groups in total. The summed E-state index contributed by atoms with van der Waals surface area (Å²) in [7, 11) is 0. The number of hydrogen-bond donors (Lipinski definition) is 3. The minimum Gasteiger partial charge on any atom is -0.355 e. The minimum atomic E-state index is -1.67. The van der Waals surface area contributed by atoms with Crippen LogP contribution in [-0.4, -0.2) is 78.4 Å². The highest BCUT2D eigenvalue weighted by molar-refractivity contribution is 8.13. The number of nitrogens with one attached hydrogen (secondary N) is 3. The molecular formula is C25H36F4N6O4S. The van der Waals surface area contributed by atoms with Gasteiger partial charge in [0.05, 0.1) is 4.90 Å². The predicted molar refractivity (Wildman–Crippen MR) is 144 cm³/mol. The van der Waals surface area contributed by atoms with Gasteiger partial charge in [0, 0.05) is 75.7 Å². The fourth-order valence-electron chi connectivity index (χ4n) is 4.26. The Hall–Kier alpha value is -2.49. The number of thioether (sulfide) groups is 1. The molecule has 1 aliphatic heterocycles. The maximum absolute atomic E-state index is 13.8. The Kier molecular flexibility index (Phi) is 12.6. The van der Waals surface area contributed by atoms with Crippen molar-refractivity contribution in [1.82, 2.24) is 20.9 Å². The van der Waals surface area contributed by atoms with Crippen molar-refractivity contribution in [3.63, 3.8) is 0 Å². The topological polar surface area (TPSA) is 132 Å². The zero-order valence-electron chi connectivity index (χ0n) is 23.0. The van der Waals surface area contributed by atoms with Gasteiger partial charge in [-0.1, -0.05) is 10.4 Å². The van der Waals surface area contributed by atoms with Crippen LogP contribution in [0.3, 0.4) is 0 Å². The maximum atomic E-state index is 13.8. The van der Waals surface area contributed by atoms with Crippen molar-refractivity contribution < 1.29 is 27.2 Å². The van der Waals surface area contributed by atoms with Gasteiger partial charge < -0.3 is 16.0 Å². The Balaban J connectivity index is 1.89. The molecule has 1 aromatic rings. The van der Waals surface area contributed by atoms with Crippen LogP contribution in [0.1, 0.15) is 47.0 Å². The number of nitroso groups, excluding NO2 is 2. The van der Waals surface area contributed by atoms with E-state index in [2.05, 4.69) is 31.2 Å². The second kappa shape index (κ2) is 14.9. The van der Waals surface area contributed by atoms with Gasteiger partial charge in [-0.15, -0.1) is 0 Å². The summed E-state index contributed by atoms with van der Waals surface area (Å²) in [6.45, 7) is 10.2. The monoisotopic (exact) mass is 592 g/mol. The molecule has 1 fully saturated rings. The molecule has 2 atom stereocenters. The van der Waals surface area contributed by atoms with Crippen LogP contribution >= 0.6 is 11.8 Å².